The molecule has 24 heavy (non-hydrogen) atoms. The third kappa shape index (κ3) is 3.27. The van der Waals surface area contributed by atoms with Gasteiger partial charge in [0, 0.05) is 11.6 Å². The molecule has 0 saturated heterocycles. The first-order valence-electron chi connectivity index (χ1n) is 7.13. The molecule has 0 radical (unpaired) electrons. The summed E-state index contributed by atoms with van der Waals surface area (Å²) in [4.78, 5) is 28.5. The predicted octanol–water partition coefficient (Wildman–Crippen LogP) is 1.29. The number of anilines is 1. The van der Waals surface area contributed by atoms with Crippen LogP contribution in [-0.2, 0) is 0 Å². The first-order chi connectivity index (χ1) is 11.5. The maximum atomic E-state index is 12.0. The van der Waals surface area contributed by atoms with Crippen molar-refractivity contribution in [1.29, 1.82) is 0 Å². The van der Waals surface area contributed by atoms with Crippen molar-refractivity contribution in [3.8, 4) is 0 Å². The van der Waals surface area contributed by atoms with Crippen LogP contribution in [0.1, 0.15) is 16.1 Å². The van der Waals surface area contributed by atoms with Crippen LogP contribution in [0.3, 0.4) is 0 Å². The van der Waals surface area contributed by atoms with E-state index in [1.54, 1.807) is 6.07 Å². The summed E-state index contributed by atoms with van der Waals surface area (Å²) in [7, 11) is 0. The maximum absolute atomic E-state index is 12.0. The Bertz CT molecular complexity index is 935. The van der Waals surface area contributed by atoms with Gasteiger partial charge >= 0.3 is 0 Å². The lowest BCUT2D eigenvalue weighted by molar-refractivity contribution is 0.0976. The summed E-state index contributed by atoms with van der Waals surface area (Å²) < 4.78 is 0. The number of aromatic nitrogens is 3. The van der Waals surface area contributed by atoms with Crippen molar-refractivity contribution in [3.63, 3.8) is 0 Å². The van der Waals surface area contributed by atoms with Gasteiger partial charge in [0.15, 0.2) is 0 Å². The number of guanidine groups is 1. The van der Waals surface area contributed by atoms with Crippen LogP contribution in [0.15, 0.2) is 47.6 Å². The quantitative estimate of drug-likeness (QED) is 0.481. The van der Waals surface area contributed by atoms with E-state index in [4.69, 9.17) is 11.5 Å². The highest BCUT2D eigenvalue weighted by Gasteiger charge is 2.09. The van der Waals surface area contributed by atoms with E-state index >= 15 is 0 Å². The number of nitrogens with zero attached hydrogens (tertiary/aromatic N) is 4. The summed E-state index contributed by atoms with van der Waals surface area (Å²) >= 11 is 0. The van der Waals surface area contributed by atoms with E-state index in [0.29, 0.717) is 11.4 Å². The summed E-state index contributed by atoms with van der Waals surface area (Å²) in [5, 5.41) is 3.40. The van der Waals surface area contributed by atoms with Crippen LogP contribution >= 0.6 is 0 Å². The number of hydrogen-bond acceptors (Lipinski definition) is 6. The van der Waals surface area contributed by atoms with Crippen LogP contribution in [0.5, 0.6) is 0 Å². The van der Waals surface area contributed by atoms with Crippen molar-refractivity contribution in [3.05, 3.63) is 53.9 Å². The molecule has 0 spiro atoms. The average Bonchev–Trinajstić information content (AvgIpc) is 2.55. The van der Waals surface area contributed by atoms with E-state index < -0.39 is 5.91 Å². The number of nitrogens with two attached hydrogens (primary N) is 2. The fraction of sp³-hybridized carbons (Fsp3) is 0.0625. The van der Waals surface area contributed by atoms with Gasteiger partial charge in [0.2, 0.25) is 5.96 Å². The number of nitrogen functional groups attached to an aromatic ring is 1. The summed E-state index contributed by atoms with van der Waals surface area (Å²) in [6.45, 7) is 1.86. The van der Waals surface area contributed by atoms with Gasteiger partial charge in [0.1, 0.15) is 5.82 Å². The van der Waals surface area contributed by atoms with Crippen LogP contribution in [0, 0.1) is 6.92 Å². The number of carbonyl (C=O) groups is 1. The van der Waals surface area contributed by atoms with Gasteiger partial charge in [-0.15, -0.1) is 0 Å². The molecule has 0 aliphatic rings. The summed E-state index contributed by atoms with van der Waals surface area (Å²) in [6, 6.07) is 10.6. The predicted molar refractivity (Wildman–Crippen MR) is 91.7 cm³/mol. The summed E-state index contributed by atoms with van der Waals surface area (Å²) in [5.74, 6) is -0.0413. The van der Waals surface area contributed by atoms with Gasteiger partial charge in [-0.05, 0) is 25.1 Å². The summed E-state index contributed by atoms with van der Waals surface area (Å²) in [5.41, 5.74) is 13.1. The first-order valence-corrected chi connectivity index (χ1v) is 7.13. The molecule has 120 valence electrons. The van der Waals surface area contributed by atoms with Crippen molar-refractivity contribution in [2.45, 2.75) is 6.92 Å². The van der Waals surface area contributed by atoms with E-state index in [2.05, 4.69) is 25.3 Å². The Balaban J connectivity index is 1.83. The Morgan fingerprint density at radius 3 is 2.71 bits per heavy atom. The summed E-state index contributed by atoms with van der Waals surface area (Å²) in [6.07, 6.45) is 1.36. The zero-order chi connectivity index (χ0) is 17.1. The molecule has 8 nitrogen and oxygen atoms in total. The molecule has 0 saturated carbocycles. The Morgan fingerprint density at radius 1 is 1.17 bits per heavy atom. The van der Waals surface area contributed by atoms with E-state index in [0.717, 1.165) is 16.6 Å². The molecule has 1 aromatic carbocycles. The Hall–Kier alpha value is -3.55. The Morgan fingerprint density at radius 2 is 1.96 bits per heavy atom. The number of aliphatic imine (C=N–C) groups is 1. The number of hydrogen-bond donors (Lipinski definition) is 3. The normalized spacial score (nSPS) is 11.5. The molecule has 5 N–H and O–H groups in total. The van der Waals surface area contributed by atoms with Crippen LogP contribution in [0.25, 0.3) is 10.9 Å². The van der Waals surface area contributed by atoms with Crippen LogP contribution < -0.4 is 16.8 Å². The molecule has 3 rings (SSSR count). The molecule has 0 unspecified atom stereocenters. The average molecular weight is 321 g/mol. The molecule has 3 aromatic rings. The second-order valence-electron chi connectivity index (χ2n) is 5.05. The molecule has 2 aromatic heterocycles. The minimum absolute atomic E-state index is 0.105. The molecule has 0 aliphatic heterocycles. The number of fused-ring (bicyclic) bond motifs is 1. The van der Waals surface area contributed by atoms with Crippen LogP contribution in [0.2, 0.25) is 0 Å². The number of pyridine rings is 1. The number of benzene rings is 1. The molecular formula is C16H15N7O. The van der Waals surface area contributed by atoms with Gasteiger partial charge < -0.3 is 11.5 Å². The number of nitrogens with one attached hydrogen (secondary N) is 1. The molecular weight excluding hydrogens is 306 g/mol. The molecule has 0 bridgehead atoms. The van der Waals surface area contributed by atoms with Crippen molar-refractivity contribution >= 4 is 34.5 Å². The van der Waals surface area contributed by atoms with Crippen molar-refractivity contribution < 1.29 is 4.79 Å². The molecule has 0 aliphatic carbocycles. The molecule has 2 heterocycles. The topological polar surface area (TPSA) is 132 Å². The van der Waals surface area contributed by atoms with Gasteiger partial charge in [-0.25, -0.2) is 15.0 Å². The fourth-order valence-corrected chi connectivity index (χ4v) is 2.13. The second-order valence-corrected chi connectivity index (χ2v) is 5.05. The van der Waals surface area contributed by atoms with Crippen molar-refractivity contribution in [1.82, 2.24) is 20.3 Å². The maximum Gasteiger partial charge on any atom is 0.259 e. The first kappa shape index (κ1) is 15.3. The Labute approximate surface area is 137 Å². The van der Waals surface area contributed by atoms with Gasteiger partial charge in [-0.1, -0.05) is 18.2 Å². The standard InChI is InChI=1S/C16H15N7O/c1-9-11-4-2-3-5-12(11)21-16(20-9)23-15(18)22-14(24)10-6-7-13(17)19-8-10/h2-8H,1H3,(H2,17,19)(H3,18,20,21,22,23,24). The lowest BCUT2D eigenvalue weighted by Gasteiger charge is -2.05. The fourth-order valence-electron chi connectivity index (χ4n) is 2.13. The smallest absolute Gasteiger partial charge is 0.259 e. The minimum atomic E-state index is -0.443. The van der Waals surface area contributed by atoms with E-state index in [1.807, 2.05) is 31.2 Å². The number of amides is 1. The van der Waals surface area contributed by atoms with Gasteiger partial charge in [0.05, 0.1) is 16.8 Å². The monoisotopic (exact) mass is 321 g/mol. The molecule has 0 atom stereocenters. The van der Waals surface area contributed by atoms with E-state index in [9.17, 15) is 4.79 Å². The van der Waals surface area contributed by atoms with Gasteiger partial charge in [0.25, 0.3) is 11.9 Å². The van der Waals surface area contributed by atoms with Crippen LogP contribution in [0.4, 0.5) is 11.8 Å². The number of aryl methyl sites for hydroxylation is 1. The van der Waals surface area contributed by atoms with Gasteiger partial charge in [-0.3, -0.25) is 10.1 Å². The lowest BCUT2D eigenvalue weighted by Crippen LogP contribution is -2.36. The number of para-hydroxylation sites is 1. The molecule has 1 amide bonds. The van der Waals surface area contributed by atoms with E-state index in [-0.39, 0.29) is 11.9 Å². The van der Waals surface area contributed by atoms with Crippen molar-refractivity contribution in [2.24, 2.45) is 10.7 Å². The second kappa shape index (κ2) is 6.29. The van der Waals surface area contributed by atoms with E-state index in [1.165, 1.54) is 12.3 Å². The Kier molecular flexibility index (Phi) is 4.02. The number of rotatable bonds is 2. The highest BCUT2D eigenvalue weighted by molar-refractivity contribution is 6.05. The largest absolute Gasteiger partial charge is 0.384 e. The zero-order valence-corrected chi connectivity index (χ0v) is 12.9. The molecule has 8 heteroatoms. The highest BCUT2D eigenvalue weighted by atomic mass is 16.1. The lowest BCUT2D eigenvalue weighted by atomic mass is 10.2. The number of carbonyl (C=O) groups excluding carboxylic acids is 1. The highest BCUT2D eigenvalue weighted by Crippen LogP contribution is 2.17. The SMILES string of the molecule is Cc1nc(N=C(N)NC(=O)c2ccc(N)nc2)nc2ccccc12. The molecule has 0 fully saturated rings. The minimum Gasteiger partial charge on any atom is -0.384 e. The van der Waals surface area contributed by atoms with Crippen LogP contribution in [-0.4, -0.2) is 26.8 Å². The third-order valence-electron chi connectivity index (χ3n) is 3.29. The third-order valence-corrected chi connectivity index (χ3v) is 3.29. The van der Waals surface area contributed by atoms with Crippen molar-refractivity contribution in [2.75, 3.05) is 5.73 Å². The van der Waals surface area contributed by atoms with Gasteiger partial charge in [-0.2, -0.15) is 4.99 Å². The zero-order valence-electron chi connectivity index (χ0n) is 12.9.